The van der Waals surface area contributed by atoms with Crippen molar-refractivity contribution in [2.45, 2.75) is 32.4 Å². The average molecular weight is 272 g/mol. The van der Waals surface area contributed by atoms with Crippen molar-refractivity contribution in [2.75, 3.05) is 6.54 Å². The fourth-order valence-corrected chi connectivity index (χ4v) is 3.01. The molecule has 0 saturated heterocycles. The Morgan fingerprint density at radius 1 is 1.30 bits per heavy atom. The molecule has 1 atom stereocenters. The third-order valence-corrected chi connectivity index (χ3v) is 4.21. The second kappa shape index (κ2) is 4.38. The lowest BCUT2D eigenvalue weighted by Crippen LogP contribution is -2.35. The maximum atomic E-state index is 14.1. The third-order valence-electron chi connectivity index (χ3n) is 4.21. The molecule has 20 heavy (non-hydrogen) atoms. The molecule has 1 fully saturated rings. The molecule has 1 unspecified atom stereocenters. The summed E-state index contributed by atoms with van der Waals surface area (Å²) < 4.78 is 16.2. The molecule has 4 rings (SSSR count). The fraction of sp³-hybridized carbons (Fsp3) is 0.467. The van der Waals surface area contributed by atoms with Gasteiger partial charge < -0.3 is 9.88 Å². The monoisotopic (exact) mass is 272 g/mol. The number of hydrogen-bond donors (Lipinski definition) is 1. The van der Waals surface area contributed by atoms with Crippen molar-refractivity contribution in [3.63, 3.8) is 0 Å². The van der Waals surface area contributed by atoms with Gasteiger partial charge in [-0.15, -0.1) is 10.2 Å². The van der Waals surface area contributed by atoms with Crippen LogP contribution < -0.4 is 5.32 Å². The predicted octanol–water partition coefficient (Wildman–Crippen LogP) is 2.45. The fourth-order valence-electron chi connectivity index (χ4n) is 3.01. The lowest BCUT2D eigenvalue weighted by Gasteiger charge is -2.25. The SMILES string of the molecule is Cc1ccc(F)c(-c2nnc3n2CCNC3C2CC2)c1. The van der Waals surface area contributed by atoms with E-state index < -0.39 is 0 Å². The van der Waals surface area contributed by atoms with Gasteiger partial charge in [0.15, 0.2) is 11.6 Å². The smallest absolute Gasteiger partial charge is 0.167 e. The Labute approximate surface area is 117 Å². The summed E-state index contributed by atoms with van der Waals surface area (Å²) in [6.45, 7) is 3.66. The van der Waals surface area contributed by atoms with Gasteiger partial charge in [-0.1, -0.05) is 11.6 Å². The van der Waals surface area contributed by atoms with Crippen LogP contribution in [-0.4, -0.2) is 21.3 Å². The lowest BCUT2D eigenvalue weighted by atomic mass is 10.1. The van der Waals surface area contributed by atoms with Crippen molar-refractivity contribution in [2.24, 2.45) is 5.92 Å². The van der Waals surface area contributed by atoms with E-state index in [0.29, 0.717) is 17.3 Å². The van der Waals surface area contributed by atoms with Gasteiger partial charge in [-0.05, 0) is 37.8 Å². The zero-order chi connectivity index (χ0) is 13.7. The Bertz CT molecular complexity index is 660. The maximum absolute atomic E-state index is 14.1. The highest BCUT2D eigenvalue weighted by Crippen LogP contribution is 2.42. The molecule has 5 heteroatoms. The number of hydrogen-bond acceptors (Lipinski definition) is 3. The first-order chi connectivity index (χ1) is 9.74. The first-order valence-corrected chi connectivity index (χ1v) is 7.17. The molecular formula is C15H17FN4. The van der Waals surface area contributed by atoms with E-state index in [1.165, 1.54) is 18.9 Å². The number of benzene rings is 1. The van der Waals surface area contributed by atoms with Crippen LogP contribution in [0.5, 0.6) is 0 Å². The zero-order valence-corrected chi connectivity index (χ0v) is 11.4. The van der Waals surface area contributed by atoms with E-state index >= 15 is 0 Å². The van der Waals surface area contributed by atoms with E-state index in [9.17, 15) is 4.39 Å². The van der Waals surface area contributed by atoms with E-state index in [4.69, 9.17) is 0 Å². The van der Waals surface area contributed by atoms with E-state index in [1.54, 1.807) is 6.07 Å². The molecule has 0 bridgehead atoms. The number of nitrogens with zero attached hydrogens (tertiary/aromatic N) is 3. The average Bonchev–Trinajstić information content (AvgIpc) is 3.20. The number of aryl methyl sites for hydroxylation is 1. The summed E-state index contributed by atoms with van der Waals surface area (Å²) >= 11 is 0. The number of aromatic nitrogens is 3. The normalized spacial score (nSPS) is 21.8. The van der Waals surface area contributed by atoms with Crippen LogP contribution in [0.3, 0.4) is 0 Å². The maximum Gasteiger partial charge on any atom is 0.167 e. The van der Waals surface area contributed by atoms with Crippen LogP contribution in [-0.2, 0) is 6.54 Å². The Kier molecular flexibility index (Phi) is 2.63. The summed E-state index contributed by atoms with van der Waals surface area (Å²) in [4.78, 5) is 0. The Morgan fingerprint density at radius 3 is 2.95 bits per heavy atom. The van der Waals surface area contributed by atoms with Crippen LogP contribution >= 0.6 is 0 Å². The Morgan fingerprint density at radius 2 is 2.15 bits per heavy atom. The van der Waals surface area contributed by atoms with Crippen LogP contribution in [0.15, 0.2) is 18.2 Å². The summed E-state index contributed by atoms with van der Waals surface area (Å²) in [5, 5.41) is 12.1. The molecule has 2 aromatic rings. The first kappa shape index (κ1) is 12.0. The van der Waals surface area contributed by atoms with Crippen molar-refractivity contribution >= 4 is 0 Å². The van der Waals surface area contributed by atoms with Crippen molar-refractivity contribution < 1.29 is 4.39 Å². The van der Waals surface area contributed by atoms with E-state index in [-0.39, 0.29) is 11.9 Å². The van der Waals surface area contributed by atoms with Crippen molar-refractivity contribution in [1.82, 2.24) is 20.1 Å². The van der Waals surface area contributed by atoms with E-state index in [0.717, 1.165) is 24.5 Å². The highest BCUT2D eigenvalue weighted by molar-refractivity contribution is 5.57. The Balaban J connectivity index is 1.82. The molecule has 1 saturated carbocycles. The molecule has 0 amide bonds. The lowest BCUT2D eigenvalue weighted by molar-refractivity contribution is 0.382. The summed E-state index contributed by atoms with van der Waals surface area (Å²) in [6.07, 6.45) is 2.50. The van der Waals surface area contributed by atoms with Gasteiger partial charge >= 0.3 is 0 Å². The summed E-state index contributed by atoms with van der Waals surface area (Å²) in [6, 6.07) is 5.42. The molecule has 2 aliphatic rings. The van der Waals surface area contributed by atoms with Gasteiger partial charge in [0, 0.05) is 13.1 Å². The number of fused-ring (bicyclic) bond motifs is 1. The summed E-state index contributed by atoms with van der Waals surface area (Å²) in [5.41, 5.74) is 1.59. The summed E-state index contributed by atoms with van der Waals surface area (Å²) in [5.74, 6) is 2.07. The first-order valence-electron chi connectivity index (χ1n) is 7.17. The zero-order valence-electron chi connectivity index (χ0n) is 11.4. The standard InChI is InChI=1S/C15H17FN4/c1-9-2-5-12(16)11(8-9)14-18-19-15-13(10-3-4-10)17-6-7-20(14)15/h2,5,8,10,13,17H,3-4,6-7H2,1H3. The van der Waals surface area contributed by atoms with Crippen LogP contribution in [0.25, 0.3) is 11.4 Å². The van der Waals surface area contributed by atoms with Crippen molar-refractivity contribution in [3.05, 3.63) is 35.4 Å². The van der Waals surface area contributed by atoms with Crippen molar-refractivity contribution in [3.8, 4) is 11.4 Å². The molecule has 1 aromatic heterocycles. The minimum atomic E-state index is -0.229. The number of halogens is 1. The van der Waals surface area contributed by atoms with Gasteiger partial charge in [0.05, 0.1) is 11.6 Å². The van der Waals surface area contributed by atoms with Gasteiger partial charge in [-0.25, -0.2) is 4.39 Å². The van der Waals surface area contributed by atoms with Gasteiger partial charge in [0.25, 0.3) is 0 Å². The van der Waals surface area contributed by atoms with Gasteiger partial charge in [0.1, 0.15) is 5.82 Å². The third kappa shape index (κ3) is 1.85. The van der Waals surface area contributed by atoms with Gasteiger partial charge in [-0.2, -0.15) is 0 Å². The largest absolute Gasteiger partial charge is 0.308 e. The quantitative estimate of drug-likeness (QED) is 0.913. The molecule has 1 N–H and O–H groups in total. The topological polar surface area (TPSA) is 42.7 Å². The van der Waals surface area contributed by atoms with Crippen molar-refractivity contribution in [1.29, 1.82) is 0 Å². The van der Waals surface area contributed by atoms with Crippen LogP contribution in [0, 0.1) is 18.7 Å². The van der Waals surface area contributed by atoms with E-state index in [1.807, 2.05) is 13.0 Å². The molecule has 104 valence electrons. The minimum Gasteiger partial charge on any atom is -0.308 e. The van der Waals surface area contributed by atoms with Crippen LogP contribution in [0.4, 0.5) is 4.39 Å². The van der Waals surface area contributed by atoms with Gasteiger partial charge in [0.2, 0.25) is 0 Å². The molecule has 0 radical (unpaired) electrons. The molecular weight excluding hydrogens is 255 g/mol. The highest BCUT2D eigenvalue weighted by Gasteiger charge is 2.37. The number of rotatable bonds is 2. The summed E-state index contributed by atoms with van der Waals surface area (Å²) in [7, 11) is 0. The molecule has 1 aliphatic heterocycles. The van der Waals surface area contributed by atoms with E-state index in [2.05, 4.69) is 20.1 Å². The van der Waals surface area contributed by atoms with Crippen LogP contribution in [0.2, 0.25) is 0 Å². The molecule has 2 heterocycles. The highest BCUT2D eigenvalue weighted by atomic mass is 19.1. The predicted molar refractivity (Wildman–Crippen MR) is 73.6 cm³/mol. The Hall–Kier alpha value is -1.75. The minimum absolute atomic E-state index is 0.229. The second-order valence-corrected chi connectivity index (χ2v) is 5.79. The number of nitrogens with one attached hydrogen (secondary N) is 1. The van der Waals surface area contributed by atoms with Crippen LogP contribution in [0.1, 0.15) is 30.3 Å². The van der Waals surface area contributed by atoms with Gasteiger partial charge in [-0.3, -0.25) is 0 Å². The molecule has 1 aromatic carbocycles. The molecule has 4 nitrogen and oxygen atoms in total. The molecule has 1 aliphatic carbocycles. The molecule has 0 spiro atoms. The second-order valence-electron chi connectivity index (χ2n) is 5.79.